The van der Waals surface area contributed by atoms with Gasteiger partial charge in [-0.15, -0.1) is 12.4 Å². The van der Waals surface area contributed by atoms with Crippen LogP contribution in [-0.4, -0.2) is 11.9 Å². The van der Waals surface area contributed by atoms with E-state index in [9.17, 15) is 9.18 Å². The Morgan fingerprint density at radius 2 is 1.95 bits per heavy atom. The minimum Gasteiger partial charge on any atom is -0.350 e. The van der Waals surface area contributed by atoms with E-state index in [2.05, 4.69) is 5.32 Å². The number of carbonyl (C=O) groups is 1. The van der Waals surface area contributed by atoms with E-state index in [-0.39, 0.29) is 35.4 Å². The van der Waals surface area contributed by atoms with Gasteiger partial charge in [0.05, 0.1) is 11.1 Å². The summed E-state index contributed by atoms with van der Waals surface area (Å²) in [7, 11) is 0. The predicted molar refractivity (Wildman–Crippen MR) is 83.1 cm³/mol. The molecular formula is C13H18Cl3FN2O. The number of hydrogen-bond acceptors (Lipinski definition) is 2. The molecule has 0 heterocycles. The Labute approximate surface area is 134 Å². The monoisotopic (exact) mass is 342 g/mol. The molecule has 3 N–H and O–H groups in total. The van der Waals surface area contributed by atoms with E-state index in [1.54, 1.807) is 6.92 Å². The van der Waals surface area contributed by atoms with Crippen LogP contribution in [0.3, 0.4) is 0 Å². The molecule has 0 aromatic heterocycles. The molecule has 0 aliphatic rings. The number of nitrogens with one attached hydrogen (secondary N) is 1. The van der Waals surface area contributed by atoms with Crippen LogP contribution >= 0.6 is 35.6 Å². The lowest BCUT2D eigenvalue weighted by molar-refractivity contribution is -0.121. The molecule has 0 fully saturated rings. The van der Waals surface area contributed by atoms with E-state index in [1.165, 1.54) is 12.1 Å². The molecule has 0 saturated heterocycles. The van der Waals surface area contributed by atoms with Crippen LogP contribution < -0.4 is 11.1 Å². The first kappa shape index (κ1) is 19.4. The van der Waals surface area contributed by atoms with Crippen molar-refractivity contribution in [3.8, 4) is 0 Å². The third kappa shape index (κ3) is 5.83. The Morgan fingerprint density at radius 1 is 1.35 bits per heavy atom. The maximum Gasteiger partial charge on any atom is 0.220 e. The summed E-state index contributed by atoms with van der Waals surface area (Å²) < 4.78 is 13.4. The zero-order chi connectivity index (χ0) is 14.6. The fraction of sp³-hybridized carbons (Fsp3) is 0.462. The number of rotatable bonds is 5. The van der Waals surface area contributed by atoms with Gasteiger partial charge in [-0.3, -0.25) is 4.79 Å². The molecule has 0 saturated carbocycles. The number of benzene rings is 1. The summed E-state index contributed by atoms with van der Waals surface area (Å²) in [4.78, 5) is 11.7. The molecule has 7 heteroatoms. The first-order chi connectivity index (χ1) is 8.81. The van der Waals surface area contributed by atoms with E-state index in [1.807, 2.05) is 6.92 Å². The van der Waals surface area contributed by atoms with Crippen molar-refractivity contribution in [2.75, 3.05) is 0 Å². The van der Waals surface area contributed by atoms with E-state index in [0.717, 1.165) is 0 Å². The van der Waals surface area contributed by atoms with Gasteiger partial charge in [-0.2, -0.15) is 0 Å². The number of amides is 1. The van der Waals surface area contributed by atoms with Gasteiger partial charge in [0.15, 0.2) is 0 Å². The predicted octanol–water partition coefficient (Wildman–Crippen LogP) is 3.86. The maximum atomic E-state index is 13.4. The van der Waals surface area contributed by atoms with Gasteiger partial charge in [0.1, 0.15) is 5.82 Å². The first-order valence-corrected chi connectivity index (χ1v) is 6.76. The Kier molecular flexibility index (Phi) is 8.44. The van der Waals surface area contributed by atoms with Crippen molar-refractivity contribution in [3.63, 3.8) is 0 Å². The van der Waals surface area contributed by atoms with Gasteiger partial charge < -0.3 is 11.1 Å². The first-order valence-electron chi connectivity index (χ1n) is 6.00. The zero-order valence-electron chi connectivity index (χ0n) is 11.3. The smallest absolute Gasteiger partial charge is 0.220 e. The quantitative estimate of drug-likeness (QED) is 0.798. The lowest BCUT2D eigenvalue weighted by Crippen LogP contribution is -2.28. The van der Waals surface area contributed by atoms with Gasteiger partial charge in [-0.1, -0.05) is 23.2 Å². The van der Waals surface area contributed by atoms with Gasteiger partial charge in [0.25, 0.3) is 0 Å². The van der Waals surface area contributed by atoms with Crippen molar-refractivity contribution in [1.29, 1.82) is 0 Å². The van der Waals surface area contributed by atoms with E-state index in [4.69, 9.17) is 28.9 Å². The van der Waals surface area contributed by atoms with Crippen LogP contribution in [0, 0.1) is 5.82 Å². The number of halogens is 4. The van der Waals surface area contributed by atoms with Gasteiger partial charge in [-0.05, 0) is 38.0 Å². The van der Waals surface area contributed by atoms with Crippen LogP contribution in [0.4, 0.5) is 4.39 Å². The highest BCUT2D eigenvalue weighted by Crippen LogP contribution is 2.28. The summed E-state index contributed by atoms with van der Waals surface area (Å²) >= 11 is 11.6. The molecule has 1 aromatic carbocycles. The van der Waals surface area contributed by atoms with E-state index >= 15 is 0 Å². The highest BCUT2D eigenvalue weighted by atomic mass is 35.5. The highest BCUT2D eigenvalue weighted by Gasteiger charge is 2.15. The van der Waals surface area contributed by atoms with Crippen molar-refractivity contribution < 1.29 is 9.18 Å². The summed E-state index contributed by atoms with van der Waals surface area (Å²) in [6.07, 6.45) is 0.928. The second-order valence-electron chi connectivity index (χ2n) is 4.59. The minimum absolute atomic E-state index is 0. The molecular weight excluding hydrogens is 326 g/mol. The molecule has 1 aromatic rings. The fourth-order valence-corrected chi connectivity index (χ4v) is 2.17. The van der Waals surface area contributed by atoms with Crippen molar-refractivity contribution in [3.05, 3.63) is 33.6 Å². The Hall–Kier alpha value is -0.550. The van der Waals surface area contributed by atoms with Crippen LogP contribution in [0.1, 0.15) is 38.3 Å². The zero-order valence-corrected chi connectivity index (χ0v) is 13.6. The van der Waals surface area contributed by atoms with Crippen molar-refractivity contribution in [1.82, 2.24) is 5.32 Å². The Bertz CT molecular complexity index is 469. The SMILES string of the molecule is CC(N)CCC(=O)NC(C)c1cc(F)c(Cl)cc1Cl.Cl. The lowest BCUT2D eigenvalue weighted by atomic mass is 10.1. The Morgan fingerprint density at radius 3 is 2.50 bits per heavy atom. The molecule has 0 aliphatic heterocycles. The molecule has 1 amide bonds. The standard InChI is InChI=1S/C13H17Cl2FN2O.ClH/c1-7(17)3-4-13(19)18-8(2)9-5-12(16)11(15)6-10(9)14;/h5-8H,3-4,17H2,1-2H3,(H,18,19);1H. The molecule has 0 spiro atoms. The van der Waals surface area contributed by atoms with E-state index < -0.39 is 5.82 Å². The second-order valence-corrected chi connectivity index (χ2v) is 5.41. The summed E-state index contributed by atoms with van der Waals surface area (Å²) in [5, 5.41) is 3.04. The summed E-state index contributed by atoms with van der Waals surface area (Å²) in [5.74, 6) is -0.700. The van der Waals surface area contributed by atoms with Gasteiger partial charge in [0, 0.05) is 17.5 Å². The fourth-order valence-electron chi connectivity index (χ4n) is 1.62. The summed E-state index contributed by atoms with van der Waals surface area (Å²) in [6.45, 7) is 3.57. The summed E-state index contributed by atoms with van der Waals surface area (Å²) in [6, 6.07) is 2.15. The van der Waals surface area contributed by atoms with Crippen LogP contribution in [0.5, 0.6) is 0 Å². The van der Waals surface area contributed by atoms with Crippen molar-refractivity contribution in [2.45, 2.75) is 38.8 Å². The minimum atomic E-state index is -0.558. The molecule has 114 valence electrons. The van der Waals surface area contributed by atoms with Crippen molar-refractivity contribution in [2.24, 2.45) is 5.73 Å². The van der Waals surface area contributed by atoms with Crippen LogP contribution in [0.15, 0.2) is 12.1 Å². The van der Waals surface area contributed by atoms with E-state index in [0.29, 0.717) is 23.4 Å². The van der Waals surface area contributed by atoms with Gasteiger partial charge >= 0.3 is 0 Å². The number of nitrogens with two attached hydrogens (primary N) is 1. The Balaban J connectivity index is 0.00000361. The molecule has 0 radical (unpaired) electrons. The molecule has 0 bridgehead atoms. The van der Waals surface area contributed by atoms with Gasteiger partial charge in [-0.25, -0.2) is 4.39 Å². The largest absolute Gasteiger partial charge is 0.350 e. The molecule has 1 rings (SSSR count). The third-order valence-electron chi connectivity index (χ3n) is 2.71. The lowest BCUT2D eigenvalue weighted by Gasteiger charge is -2.16. The average molecular weight is 344 g/mol. The normalized spacial score (nSPS) is 13.3. The number of hydrogen-bond donors (Lipinski definition) is 2. The molecule has 2 unspecified atom stereocenters. The van der Waals surface area contributed by atoms with Gasteiger partial charge in [0.2, 0.25) is 5.91 Å². The molecule has 0 aliphatic carbocycles. The third-order valence-corrected chi connectivity index (χ3v) is 3.33. The highest BCUT2D eigenvalue weighted by molar-refractivity contribution is 6.35. The molecule has 2 atom stereocenters. The van der Waals surface area contributed by atoms with Crippen molar-refractivity contribution >= 4 is 41.5 Å². The molecule has 20 heavy (non-hydrogen) atoms. The second kappa shape index (κ2) is 8.67. The average Bonchev–Trinajstić information content (AvgIpc) is 2.31. The topological polar surface area (TPSA) is 55.1 Å². The maximum absolute atomic E-state index is 13.4. The van der Waals surface area contributed by atoms with Crippen LogP contribution in [-0.2, 0) is 4.79 Å². The van der Waals surface area contributed by atoms with Crippen LogP contribution in [0.2, 0.25) is 10.0 Å². The number of carbonyl (C=O) groups excluding carboxylic acids is 1. The van der Waals surface area contributed by atoms with Crippen LogP contribution in [0.25, 0.3) is 0 Å². The summed E-state index contributed by atoms with van der Waals surface area (Å²) in [5.41, 5.74) is 6.08. The molecule has 3 nitrogen and oxygen atoms in total.